The summed E-state index contributed by atoms with van der Waals surface area (Å²) in [6.45, 7) is 2.31. The van der Waals surface area contributed by atoms with Crippen LogP contribution in [-0.4, -0.2) is 43.3 Å². The minimum absolute atomic E-state index is 0.0375. The van der Waals surface area contributed by atoms with Gasteiger partial charge in [-0.2, -0.15) is 4.31 Å². The Morgan fingerprint density at radius 1 is 0.861 bits per heavy atom. The van der Waals surface area contributed by atoms with E-state index in [-0.39, 0.29) is 22.6 Å². The van der Waals surface area contributed by atoms with Crippen LogP contribution in [0.4, 0.5) is 0 Å². The van der Waals surface area contributed by atoms with Gasteiger partial charge in [-0.25, -0.2) is 8.42 Å². The molecule has 2 aromatic rings. The molecule has 1 saturated heterocycles. The van der Waals surface area contributed by atoms with Crippen LogP contribution >= 0.6 is 0 Å². The van der Waals surface area contributed by atoms with Crippen LogP contribution in [0, 0.1) is 12.8 Å². The van der Waals surface area contributed by atoms with Gasteiger partial charge in [0.1, 0.15) is 12.2 Å². The van der Waals surface area contributed by atoms with Crippen LogP contribution in [0.3, 0.4) is 0 Å². The summed E-state index contributed by atoms with van der Waals surface area (Å²) >= 11 is 0. The molecule has 1 aliphatic heterocycles. The minimum atomic E-state index is -3.81. The Balaban J connectivity index is 1.52. The van der Waals surface area contributed by atoms with E-state index in [0.717, 1.165) is 49.7 Å². The lowest BCUT2D eigenvalue weighted by Crippen LogP contribution is -2.58. The monoisotopic (exact) mass is 511 g/mol. The molecule has 194 valence electrons. The Bertz CT molecular complexity index is 1130. The number of aryl methyl sites for hydroxylation is 1. The molecule has 7 nitrogen and oxygen atoms in total. The van der Waals surface area contributed by atoms with Gasteiger partial charge in [-0.3, -0.25) is 9.59 Å². The lowest BCUT2D eigenvalue weighted by atomic mass is 9.88. The summed E-state index contributed by atoms with van der Waals surface area (Å²) in [6, 6.07) is 15.4. The fraction of sp³-hybridized carbons (Fsp3) is 0.500. The van der Waals surface area contributed by atoms with Crippen molar-refractivity contribution in [1.29, 1.82) is 0 Å². The summed E-state index contributed by atoms with van der Waals surface area (Å²) in [5.41, 5.74) is 2.13. The molecule has 2 amide bonds. The second-order valence-electron chi connectivity index (χ2n) is 10.0. The zero-order chi connectivity index (χ0) is 25.5. The summed E-state index contributed by atoms with van der Waals surface area (Å²) in [4.78, 5) is 26.8. The van der Waals surface area contributed by atoms with Gasteiger partial charge in [-0.1, -0.05) is 73.7 Å². The Morgan fingerprint density at radius 2 is 1.50 bits per heavy atom. The highest BCUT2D eigenvalue weighted by Gasteiger charge is 2.38. The second kappa shape index (κ2) is 12.0. The number of hydrogen-bond donors (Lipinski definition) is 2. The van der Waals surface area contributed by atoms with E-state index in [4.69, 9.17) is 0 Å². The average molecular weight is 512 g/mol. The van der Waals surface area contributed by atoms with E-state index in [1.54, 1.807) is 30.3 Å². The fourth-order valence-electron chi connectivity index (χ4n) is 5.20. The van der Waals surface area contributed by atoms with Gasteiger partial charge < -0.3 is 10.6 Å². The molecule has 0 aromatic heterocycles. The molecule has 2 N–H and O–H groups in total. The molecule has 1 aliphatic carbocycles. The molecule has 2 atom stereocenters. The number of carbonyl (C=O) groups is 2. The van der Waals surface area contributed by atoms with E-state index < -0.39 is 22.2 Å². The van der Waals surface area contributed by atoms with Gasteiger partial charge in [-0.15, -0.1) is 0 Å². The summed E-state index contributed by atoms with van der Waals surface area (Å²) < 4.78 is 28.1. The van der Waals surface area contributed by atoms with Gasteiger partial charge in [0.15, 0.2) is 0 Å². The van der Waals surface area contributed by atoms with Crippen LogP contribution in [0.5, 0.6) is 0 Å². The van der Waals surface area contributed by atoms with Gasteiger partial charge in [0.25, 0.3) is 0 Å². The van der Waals surface area contributed by atoms with Crippen molar-refractivity contribution in [2.75, 3.05) is 6.54 Å². The van der Waals surface area contributed by atoms with Crippen LogP contribution in [0.2, 0.25) is 0 Å². The van der Waals surface area contributed by atoms with Crippen molar-refractivity contribution in [2.45, 2.75) is 81.8 Å². The summed E-state index contributed by atoms with van der Waals surface area (Å²) in [5, 5.41) is 6.06. The van der Waals surface area contributed by atoms with Gasteiger partial charge in [-0.05, 0) is 50.3 Å². The maximum atomic E-state index is 13.5. The highest BCUT2D eigenvalue weighted by molar-refractivity contribution is 7.89. The fourth-order valence-corrected chi connectivity index (χ4v) is 6.88. The third-order valence-corrected chi connectivity index (χ3v) is 9.20. The predicted molar refractivity (Wildman–Crippen MR) is 140 cm³/mol. The standard InChI is InChI=1S/C28H37N3O4S/c1-21-15-17-22(18-16-21)20-26(29-27(32)23-10-4-2-5-11-23)30-28(33)25-14-8-9-19-31(25)36(34,35)24-12-6-3-7-13-24/h3,6-7,12-13,15-18,23,25-26H,2,4-5,8-11,14,19-20H2,1H3,(H,29,32)(H,30,33)/t25?,26-/m0/s1. The normalized spacial score (nSPS) is 20.4. The van der Waals surface area contributed by atoms with Crippen molar-refractivity contribution >= 4 is 21.8 Å². The number of hydrogen-bond acceptors (Lipinski definition) is 4. The molecule has 2 fully saturated rings. The molecule has 4 rings (SSSR count). The van der Waals surface area contributed by atoms with E-state index in [9.17, 15) is 18.0 Å². The summed E-state index contributed by atoms with van der Waals surface area (Å²) in [6.07, 6.45) is 6.72. The highest BCUT2D eigenvalue weighted by atomic mass is 32.2. The van der Waals surface area contributed by atoms with Gasteiger partial charge >= 0.3 is 0 Å². The molecule has 1 unspecified atom stereocenters. The van der Waals surface area contributed by atoms with Gasteiger partial charge in [0, 0.05) is 18.9 Å². The van der Waals surface area contributed by atoms with Crippen LogP contribution < -0.4 is 10.6 Å². The smallest absolute Gasteiger partial charge is 0.243 e. The number of carbonyl (C=O) groups excluding carboxylic acids is 2. The Kier molecular flexibility index (Phi) is 8.80. The Labute approximate surface area is 214 Å². The van der Waals surface area contributed by atoms with E-state index in [2.05, 4.69) is 10.6 Å². The lowest BCUT2D eigenvalue weighted by Gasteiger charge is -2.35. The lowest BCUT2D eigenvalue weighted by molar-refractivity contribution is -0.129. The highest BCUT2D eigenvalue weighted by Crippen LogP contribution is 2.26. The van der Waals surface area contributed by atoms with Crippen LogP contribution in [-0.2, 0) is 26.0 Å². The molecule has 0 radical (unpaired) electrons. The van der Waals surface area contributed by atoms with Crippen molar-refractivity contribution in [3.63, 3.8) is 0 Å². The van der Waals surface area contributed by atoms with E-state index in [0.29, 0.717) is 25.8 Å². The molecular formula is C28H37N3O4S. The second-order valence-corrected chi connectivity index (χ2v) is 11.9. The zero-order valence-corrected chi connectivity index (χ0v) is 21.8. The molecular weight excluding hydrogens is 474 g/mol. The Hall–Kier alpha value is -2.71. The molecule has 8 heteroatoms. The van der Waals surface area contributed by atoms with Crippen LogP contribution in [0.25, 0.3) is 0 Å². The molecule has 0 bridgehead atoms. The number of sulfonamides is 1. The van der Waals surface area contributed by atoms with Crippen molar-refractivity contribution in [1.82, 2.24) is 14.9 Å². The third-order valence-electron chi connectivity index (χ3n) is 7.28. The SMILES string of the molecule is Cc1ccc(C[C@@H](NC(=O)C2CCCCC2)NC(=O)C2CCCCN2S(=O)(=O)c2ccccc2)cc1. The van der Waals surface area contributed by atoms with E-state index >= 15 is 0 Å². The first-order chi connectivity index (χ1) is 17.3. The minimum Gasteiger partial charge on any atom is -0.335 e. The summed E-state index contributed by atoms with van der Waals surface area (Å²) in [7, 11) is -3.81. The number of nitrogens with zero attached hydrogens (tertiary/aromatic N) is 1. The predicted octanol–water partition coefficient (Wildman–Crippen LogP) is 3.92. The molecule has 1 saturated carbocycles. The quantitative estimate of drug-likeness (QED) is 0.525. The topological polar surface area (TPSA) is 95.6 Å². The number of amides is 2. The molecule has 2 aliphatic rings. The first-order valence-corrected chi connectivity index (χ1v) is 14.5. The van der Waals surface area contributed by atoms with Crippen LogP contribution in [0.1, 0.15) is 62.5 Å². The van der Waals surface area contributed by atoms with Crippen molar-refractivity contribution in [3.8, 4) is 0 Å². The molecule has 1 heterocycles. The van der Waals surface area contributed by atoms with E-state index in [1.807, 2.05) is 31.2 Å². The van der Waals surface area contributed by atoms with Crippen molar-refractivity contribution < 1.29 is 18.0 Å². The molecule has 2 aromatic carbocycles. The first kappa shape index (κ1) is 26.4. The zero-order valence-electron chi connectivity index (χ0n) is 21.0. The summed E-state index contributed by atoms with van der Waals surface area (Å²) in [5.74, 6) is -0.444. The average Bonchev–Trinajstić information content (AvgIpc) is 2.91. The van der Waals surface area contributed by atoms with Gasteiger partial charge in [0.05, 0.1) is 4.90 Å². The van der Waals surface area contributed by atoms with E-state index in [1.165, 1.54) is 4.31 Å². The van der Waals surface area contributed by atoms with Gasteiger partial charge in [0.2, 0.25) is 21.8 Å². The largest absolute Gasteiger partial charge is 0.335 e. The number of benzene rings is 2. The van der Waals surface area contributed by atoms with Crippen molar-refractivity contribution in [2.24, 2.45) is 5.92 Å². The first-order valence-electron chi connectivity index (χ1n) is 13.1. The van der Waals surface area contributed by atoms with Crippen molar-refractivity contribution in [3.05, 3.63) is 65.7 Å². The number of piperidine rings is 1. The maximum Gasteiger partial charge on any atom is 0.243 e. The third kappa shape index (κ3) is 6.53. The molecule has 0 spiro atoms. The van der Waals surface area contributed by atoms with Crippen LogP contribution in [0.15, 0.2) is 59.5 Å². The number of rotatable bonds is 8. The number of nitrogens with one attached hydrogen (secondary N) is 2. The Morgan fingerprint density at radius 3 is 2.19 bits per heavy atom. The molecule has 36 heavy (non-hydrogen) atoms. The maximum absolute atomic E-state index is 13.5.